The predicted octanol–water partition coefficient (Wildman–Crippen LogP) is 8.82. The second-order valence-electron chi connectivity index (χ2n) is 8.97. The molecule has 0 atom stereocenters. The fraction of sp³-hybridized carbons (Fsp3) is 0.630. The molecular weight excluding hydrogens is 324 g/mol. The monoisotopic (exact) mass is 364 g/mol. The summed E-state index contributed by atoms with van der Waals surface area (Å²) in [6.07, 6.45) is 18.0. The van der Waals surface area contributed by atoms with Gasteiger partial charge in [0.2, 0.25) is 0 Å². The Kier molecular flexibility index (Phi) is 8.24. The van der Waals surface area contributed by atoms with Crippen LogP contribution >= 0.6 is 0 Å². The zero-order valence-electron chi connectivity index (χ0n) is 17.8. The Balaban J connectivity index is 1.54. The quantitative estimate of drug-likeness (QED) is 0.369. The molecule has 27 heavy (non-hydrogen) atoms. The first-order valence-corrected chi connectivity index (χ1v) is 11.8. The molecule has 1 aliphatic carbocycles. The van der Waals surface area contributed by atoms with Crippen molar-refractivity contribution in [3.8, 4) is 0 Å². The standard InChI is InChI=1S/C27H40/c1-3-5-6-7-8-9-11-23-14-17-27-21-26(19-18-25(27)20-23)24-15-12-22(10-4-2)13-16-24/h14,17-22,24H,3-13,15-16H2,1-2H3. The van der Waals surface area contributed by atoms with E-state index in [0.29, 0.717) is 0 Å². The van der Waals surface area contributed by atoms with Crippen LogP contribution in [0.25, 0.3) is 10.8 Å². The third kappa shape index (κ3) is 6.09. The summed E-state index contributed by atoms with van der Waals surface area (Å²) in [5.74, 6) is 1.79. The van der Waals surface area contributed by atoms with Gasteiger partial charge in [-0.15, -0.1) is 0 Å². The van der Waals surface area contributed by atoms with Gasteiger partial charge < -0.3 is 0 Å². The number of hydrogen-bond donors (Lipinski definition) is 0. The van der Waals surface area contributed by atoms with Gasteiger partial charge in [0.15, 0.2) is 0 Å². The molecule has 2 aromatic carbocycles. The molecule has 3 rings (SSSR count). The molecule has 0 aliphatic heterocycles. The van der Waals surface area contributed by atoms with E-state index in [-0.39, 0.29) is 0 Å². The van der Waals surface area contributed by atoms with E-state index in [2.05, 4.69) is 50.2 Å². The average molecular weight is 365 g/mol. The van der Waals surface area contributed by atoms with Crippen molar-refractivity contribution in [1.29, 1.82) is 0 Å². The molecule has 1 aliphatic rings. The van der Waals surface area contributed by atoms with E-state index in [1.807, 2.05) is 0 Å². The Morgan fingerprint density at radius 3 is 2.19 bits per heavy atom. The molecule has 0 N–H and O–H groups in total. The molecule has 0 bridgehead atoms. The second-order valence-corrected chi connectivity index (χ2v) is 8.97. The van der Waals surface area contributed by atoms with Crippen molar-refractivity contribution >= 4 is 10.8 Å². The summed E-state index contributed by atoms with van der Waals surface area (Å²) in [4.78, 5) is 0. The van der Waals surface area contributed by atoms with Crippen molar-refractivity contribution in [2.24, 2.45) is 5.92 Å². The maximum Gasteiger partial charge on any atom is -0.0162 e. The van der Waals surface area contributed by atoms with E-state index >= 15 is 0 Å². The van der Waals surface area contributed by atoms with Crippen LogP contribution in [-0.2, 0) is 6.42 Å². The fourth-order valence-electron chi connectivity index (χ4n) is 5.03. The summed E-state index contributed by atoms with van der Waals surface area (Å²) < 4.78 is 0. The molecule has 0 amide bonds. The van der Waals surface area contributed by atoms with E-state index in [1.54, 1.807) is 5.56 Å². The van der Waals surface area contributed by atoms with E-state index in [0.717, 1.165) is 11.8 Å². The van der Waals surface area contributed by atoms with Crippen LogP contribution in [0.3, 0.4) is 0 Å². The first kappa shape index (κ1) is 20.4. The van der Waals surface area contributed by atoms with Crippen LogP contribution in [0.5, 0.6) is 0 Å². The van der Waals surface area contributed by atoms with Gasteiger partial charge in [-0.05, 0) is 72.3 Å². The van der Waals surface area contributed by atoms with Crippen molar-refractivity contribution in [3.63, 3.8) is 0 Å². The molecule has 0 saturated heterocycles. The topological polar surface area (TPSA) is 0 Å². The predicted molar refractivity (Wildman–Crippen MR) is 121 cm³/mol. The molecular formula is C27H40. The van der Waals surface area contributed by atoms with Crippen LogP contribution in [0.15, 0.2) is 36.4 Å². The lowest BCUT2D eigenvalue weighted by Gasteiger charge is -2.28. The molecule has 0 radical (unpaired) electrons. The van der Waals surface area contributed by atoms with Gasteiger partial charge in [-0.1, -0.05) is 95.2 Å². The van der Waals surface area contributed by atoms with Crippen molar-refractivity contribution in [2.45, 2.75) is 103 Å². The van der Waals surface area contributed by atoms with Crippen LogP contribution in [0.4, 0.5) is 0 Å². The Bertz CT molecular complexity index is 675. The Labute approximate surface area is 167 Å². The van der Waals surface area contributed by atoms with Crippen LogP contribution in [-0.4, -0.2) is 0 Å². The van der Waals surface area contributed by atoms with Gasteiger partial charge in [0.25, 0.3) is 0 Å². The summed E-state index contributed by atoms with van der Waals surface area (Å²) >= 11 is 0. The smallest absolute Gasteiger partial charge is 0.0162 e. The van der Waals surface area contributed by atoms with Crippen LogP contribution in [0.1, 0.15) is 108 Å². The molecule has 0 aromatic heterocycles. The molecule has 0 unspecified atom stereocenters. The number of hydrogen-bond acceptors (Lipinski definition) is 0. The molecule has 2 aromatic rings. The van der Waals surface area contributed by atoms with Gasteiger partial charge >= 0.3 is 0 Å². The SMILES string of the molecule is CCCCCCCCc1ccc2cc(C3CCC(CCC)CC3)ccc2c1. The minimum atomic E-state index is 0.797. The normalized spacial score (nSPS) is 20.2. The largest absolute Gasteiger partial charge is 0.0654 e. The molecule has 0 spiro atoms. The van der Waals surface area contributed by atoms with Crippen molar-refractivity contribution < 1.29 is 0 Å². The summed E-state index contributed by atoms with van der Waals surface area (Å²) in [6.45, 7) is 4.62. The van der Waals surface area contributed by atoms with E-state index in [4.69, 9.17) is 0 Å². The third-order valence-electron chi connectivity index (χ3n) is 6.76. The molecule has 0 heterocycles. The Morgan fingerprint density at radius 2 is 1.41 bits per heavy atom. The summed E-state index contributed by atoms with van der Waals surface area (Å²) in [5, 5.41) is 2.87. The van der Waals surface area contributed by atoms with Crippen LogP contribution in [0.2, 0.25) is 0 Å². The first-order chi connectivity index (χ1) is 13.3. The number of fused-ring (bicyclic) bond motifs is 1. The molecule has 148 valence electrons. The highest BCUT2D eigenvalue weighted by Crippen LogP contribution is 2.38. The summed E-state index contributed by atoms with van der Waals surface area (Å²) in [6, 6.07) is 14.5. The fourth-order valence-corrected chi connectivity index (χ4v) is 5.03. The molecule has 1 saturated carbocycles. The van der Waals surface area contributed by atoms with Gasteiger partial charge in [-0.25, -0.2) is 0 Å². The minimum absolute atomic E-state index is 0.797. The maximum absolute atomic E-state index is 2.48. The van der Waals surface area contributed by atoms with Gasteiger partial charge in [0, 0.05) is 0 Å². The van der Waals surface area contributed by atoms with Crippen molar-refractivity contribution in [3.05, 3.63) is 47.5 Å². The van der Waals surface area contributed by atoms with Gasteiger partial charge in [-0.2, -0.15) is 0 Å². The zero-order valence-corrected chi connectivity index (χ0v) is 17.8. The number of unbranched alkanes of at least 4 members (excludes halogenated alkanes) is 5. The van der Waals surface area contributed by atoms with E-state index in [9.17, 15) is 0 Å². The van der Waals surface area contributed by atoms with E-state index < -0.39 is 0 Å². The highest BCUT2D eigenvalue weighted by atomic mass is 14.3. The molecule has 0 nitrogen and oxygen atoms in total. The maximum atomic E-state index is 2.48. The molecule has 1 fully saturated rings. The average Bonchev–Trinajstić information content (AvgIpc) is 2.71. The highest BCUT2D eigenvalue weighted by molar-refractivity contribution is 5.84. The van der Waals surface area contributed by atoms with Crippen LogP contribution in [0, 0.1) is 5.92 Å². The van der Waals surface area contributed by atoms with Crippen molar-refractivity contribution in [1.82, 2.24) is 0 Å². The summed E-state index contributed by atoms with van der Waals surface area (Å²) in [5.41, 5.74) is 3.10. The third-order valence-corrected chi connectivity index (χ3v) is 6.76. The Morgan fingerprint density at radius 1 is 0.704 bits per heavy atom. The number of benzene rings is 2. The lowest BCUT2D eigenvalue weighted by molar-refractivity contribution is 0.308. The van der Waals surface area contributed by atoms with Crippen LogP contribution < -0.4 is 0 Å². The highest BCUT2D eigenvalue weighted by Gasteiger charge is 2.21. The summed E-state index contributed by atoms with van der Waals surface area (Å²) in [7, 11) is 0. The minimum Gasteiger partial charge on any atom is -0.0654 e. The lowest BCUT2D eigenvalue weighted by Crippen LogP contribution is -2.13. The first-order valence-electron chi connectivity index (χ1n) is 11.8. The number of aryl methyl sites for hydroxylation is 1. The van der Waals surface area contributed by atoms with E-state index in [1.165, 1.54) is 99.8 Å². The zero-order chi connectivity index (χ0) is 18.9. The molecule has 0 heteroatoms. The second kappa shape index (κ2) is 10.9. The lowest BCUT2D eigenvalue weighted by atomic mass is 9.77. The van der Waals surface area contributed by atoms with Crippen molar-refractivity contribution in [2.75, 3.05) is 0 Å². The van der Waals surface area contributed by atoms with Gasteiger partial charge in [-0.3, -0.25) is 0 Å². The number of rotatable bonds is 10. The Hall–Kier alpha value is -1.30. The van der Waals surface area contributed by atoms with Gasteiger partial charge in [0.1, 0.15) is 0 Å². The van der Waals surface area contributed by atoms with Gasteiger partial charge in [0.05, 0.1) is 0 Å².